The highest BCUT2D eigenvalue weighted by Gasteiger charge is 2.17. The van der Waals surface area contributed by atoms with Gasteiger partial charge in [0.05, 0.1) is 5.75 Å². The molecule has 5 nitrogen and oxygen atoms in total. The van der Waals surface area contributed by atoms with Gasteiger partial charge < -0.3 is 8.98 Å². The molecule has 3 aromatic rings. The van der Waals surface area contributed by atoms with Crippen molar-refractivity contribution < 1.29 is 9.21 Å². The molecule has 3 rings (SSSR count). The first-order valence-electron chi connectivity index (χ1n) is 8.41. The molecule has 0 N–H and O–H groups in total. The number of hydrogen-bond donors (Lipinski definition) is 0. The predicted molar refractivity (Wildman–Crippen MR) is 107 cm³/mol. The van der Waals surface area contributed by atoms with Gasteiger partial charge in [-0.2, -0.15) is 0 Å². The minimum atomic E-state index is 0.0776. The number of ketones is 1. The summed E-state index contributed by atoms with van der Waals surface area (Å²) < 4.78 is 8.84. The van der Waals surface area contributed by atoms with Crippen molar-refractivity contribution in [3.05, 3.63) is 51.8 Å². The average Bonchev–Trinajstić information content (AvgIpc) is 3.21. The van der Waals surface area contributed by atoms with Crippen LogP contribution < -0.4 is 0 Å². The highest BCUT2D eigenvalue weighted by atomic mass is 79.9. The van der Waals surface area contributed by atoms with Crippen LogP contribution in [0.25, 0.3) is 11.5 Å². The first kappa shape index (κ1) is 18.9. The van der Waals surface area contributed by atoms with E-state index in [4.69, 9.17) is 4.42 Å². The van der Waals surface area contributed by atoms with Gasteiger partial charge in [-0.05, 0) is 50.6 Å². The van der Waals surface area contributed by atoms with E-state index >= 15 is 0 Å². The third kappa shape index (κ3) is 4.10. The van der Waals surface area contributed by atoms with Crippen LogP contribution in [0.15, 0.2) is 44.4 Å². The Balaban J connectivity index is 1.67. The number of benzene rings is 1. The Morgan fingerprint density at radius 2 is 1.96 bits per heavy atom. The summed E-state index contributed by atoms with van der Waals surface area (Å²) in [6.45, 7) is 7.10. The third-order valence-electron chi connectivity index (χ3n) is 4.15. The monoisotopic (exact) mass is 433 g/mol. The van der Waals surface area contributed by atoms with E-state index in [1.165, 1.54) is 11.8 Å². The van der Waals surface area contributed by atoms with Crippen LogP contribution in [-0.2, 0) is 6.54 Å². The Bertz CT molecular complexity index is 916. The van der Waals surface area contributed by atoms with Crippen LogP contribution in [0.5, 0.6) is 0 Å². The zero-order valence-corrected chi connectivity index (χ0v) is 17.4. The number of nitrogens with zero attached hydrogens (tertiary/aromatic N) is 3. The van der Waals surface area contributed by atoms with Crippen molar-refractivity contribution >= 4 is 33.5 Å². The van der Waals surface area contributed by atoms with Crippen LogP contribution in [-0.4, -0.2) is 26.3 Å². The zero-order valence-electron chi connectivity index (χ0n) is 15.0. The van der Waals surface area contributed by atoms with Gasteiger partial charge in [-0.1, -0.05) is 34.6 Å². The van der Waals surface area contributed by atoms with E-state index in [0.29, 0.717) is 11.1 Å². The van der Waals surface area contributed by atoms with Crippen LogP contribution in [0.1, 0.15) is 35.1 Å². The number of aromatic nitrogens is 3. The largest absolute Gasteiger partial charge is 0.411 e. The Morgan fingerprint density at radius 3 is 2.65 bits per heavy atom. The molecule has 7 heteroatoms. The number of halogens is 1. The number of carbonyl (C=O) groups excluding carboxylic acids is 1. The maximum Gasteiger partial charge on any atom is 0.277 e. The lowest BCUT2D eigenvalue weighted by atomic mass is 10.2. The summed E-state index contributed by atoms with van der Waals surface area (Å²) in [4.78, 5) is 12.6. The second kappa shape index (κ2) is 8.22. The summed E-state index contributed by atoms with van der Waals surface area (Å²) >= 11 is 4.67. The van der Waals surface area contributed by atoms with Crippen molar-refractivity contribution in [1.82, 2.24) is 14.8 Å². The molecule has 0 saturated carbocycles. The van der Waals surface area contributed by atoms with E-state index in [0.717, 1.165) is 40.0 Å². The molecule has 0 radical (unpaired) electrons. The standard InChI is InChI=1S/C19H20BrN3O2S/c1-4-9-23-12(2)10-16(13(23)3)17(24)11-26-19-22-21-18(25-19)14-5-7-15(20)8-6-14/h5-8,10H,4,9,11H2,1-3H3. The lowest BCUT2D eigenvalue weighted by Crippen LogP contribution is -2.06. The van der Waals surface area contributed by atoms with Crippen LogP contribution in [0.2, 0.25) is 0 Å². The van der Waals surface area contributed by atoms with Gasteiger partial charge in [0.25, 0.3) is 5.22 Å². The van der Waals surface area contributed by atoms with Gasteiger partial charge in [0.2, 0.25) is 5.89 Å². The maximum absolute atomic E-state index is 12.6. The van der Waals surface area contributed by atoms with E-state index in [9.17, 15) is 4.79 Å². The van der Waals surface area contributed by atoms with Gasteiger partial charge >= 0.3 is 0 Å². The molecule has 0 amide bonds. The van der Waals surface area contributed by atoms with E-state index in [1.54, 1.807) is 0 Å². The van der Waals surface area contributed by atoms with Gasteiger partial charge in [0.15, 0.2) is 5.78 Å². The molecule has 2 aromatic heterocycles. The summed E-state index contributed by atoms with van der Waals surface area (Å²) in [6, 6.07) is 9.61. The Morgan fingerprint density at radius 1 is 1.23 bits per heavy atom. The zero-order chi connectivity index (χ0) is 18.7. The van der Waals surface area contributed by atoms with Crippen molar-refractivity contribution in [2.45, 2.75) is 39.0 Å². The van der Waals surface area contributed by atoms with Gasteiger partial charge in [-0.15, -0.1) is 10.2 Å². The lowest BCUT2D eigenvalue weighted by molar-refractivity contribution is 0.102. The molecule has 0 aliphatic heterocycles. The van der Waals surface area contributed by atoms with Crippen LogP contribution in [0.4, 0.5) is 0 Å². The number of rotatable bonds is 7. The van der Waals surface area contributed by atoms with Crippen molar-refractivity contribution in [1.29, 1.82) is 0 Å². The minimum absolute atomic E-state index is 0.0776. The summed E-state index contributed by atoms with van der Waals surface area (Å²) in [6.07, 6.45) is 1.04. The molecule has 0 aliphatic rings. The summed E-state index contributed by atoms with van der Waals surface area (Å²) in [7, 11) is 0. The molecule has 2 heterocycles. The normalized spacial score (nSPS) is 11.1. The molecular weight excluding hydrogens is 414 g/mol. The van der Waals surface area contributed by atoms with Crippen LogP contribution in [0, 0.1) is 13.8 Å². The smallest absolute Gasteiger partial charge is 0.277 e. The quantitative estimate of drug-likeness (QED) is 0.373. The molecule has 0 unspecified atom stereocenters. The van der Waals surface area contributed by atoms with Gasteiger partial charge in [0, 0.05) is 33.5 Å². The molecule has 0 fully saturated rings. The number of aryl methyl sites for hydroxylation is 1. The number of hydrogen-bond acceptors (Lipinski definition) is 5. The minimum Gasteiger partial charge on any atom is -0.411 e. The SMILES string of the molecule is CCCn1c(C)cc(C(=O)CSc2nnc(-c3ccc(Br)cc3)o2)c1C. The fraction of sp³-hybridized carbons (Fsp3) is 0.316. The summed E-state index contributed by atoms with van der Waals surface area (Å²) in [5.41, 5.74) is 3.77. The van der Waals surface area contributed by atoms with Gasteiger partial charge in [0.1, 0.15) is 0 Å². The lowest BCUT2D eigenvalue weighted by Gasteiger charge is -2.07. The first-order valence-corrected chi connectivity index (χ1v) is 10.2. The number of Topliss-reactive ketones (excluding diaryl/α,β-unsaturated/α-hetero) is 1. The molecular formula is C19H20BrN3O2S. The van der Waals surface area contributed by atoms with Gasteiger partial charge in [-0.25, -0.2) is 0 Å². The van der Waals surface area contributed by atoms with E-state index < -0.39 is 0 Å². The second-order valence-electron chi connectivity index (χ2n) is 6.03. The fourth-order valence-corrected chi connectivity index (χ4v) is 3.74. The third-order valence-corrected chi connectivity index (χ3v) is 5.49. The molecule has 136 valence electrons. The maximum atomic E-state index is 12.6. The molecule has 26 heavy (non-hydrogen) atoms. The van der Waals surface area contributed by atoms with Crippen molar-refractivity contribution in [3.8, 4) is 11.5 Å². The average molecular weight is 434 g/mol. The van der Waals surface area contributed by atoms with Crippen molar-refractivity contribution in [2.75, 3.05) is 5.75 Å². The Kier molecular flexibility index (Phi) is 5.98. The van der Waals surface area contributed by atoms with Crippen molar-refractivity contribution in [3.63, 3.8) is 0 Å². The molecule has 0 atom stereocenters. The van der Waals surface area contributed by atoms with Crippen LogP contribution in [0.3, 0.4) is 0 Å². The van der Waals surface area contributed by atoms with Crippen molar-refractivity contribution in [2.24, 2.45) is 0 Å². The topological polar surface area (TPSA) is 60.9 Å². The fourth-order valence-electron chi connectivity index (χ4n) is 2.83. The van der Waals surface area contributed by atoms with Gasteiger partial charge in [-0.3, -0.25) is 4.79 Å². The van der Waals surface area contributed by atoms with E-state index in [2.05, 4.69) is 37.6 Å². The summed E-state index contributed by atoms with van der Waals surface area (Å²) in [5, 5.41) is 8.49. The molecule has 0 aliphatic carbocycles. The molecule has 1 aromatic carbocycles. The Hall–Kier alpha value is -1.86. The number of carbonyl (C=O) groups is 1. The molecule has 0 saturated heterocycles. The molecule has 0 spiro atoms. The summed E-state index contributed by atoms with van der Waals surface area (Å²) in [5.74, 6) is 0.806. The van der Waals surface area contributed by atoms with Crippen LogP contribution >= 0.6 is 27.7 Å². The van der Waals surface area contributed by atoms with E-state index in [1.807, 2.05) is 44.2 Å². The van der Waals surface area contributed by atoms with E-state index in [-0.39, 0.29) is 11.5 Å². The highest BCUT2D eigenvalue weighted by molar-refractivity contribution is 9.10. The first-order chi connectivity index (χ1) is 12.5. The number of thioether (sulfide) groups is 1. The highest BCUT2D eigenvalue weighted by Crippen LogP contribution is 2.26. The Labute approximate surface area is 165 Å². The molecule has 0 bridgehead atoms. The second-order valence-corrected chi connectivity index (χ2v) is 7.87. The predicted octanol–water partition coefficient (Wildman–Crippen LogP) is 5.30.